The van der Waals surface area contributed by atoms with E-state index in [-0.39, 0.29) is 16.5 Å². The number of hydrogen-bond donors (Lipinski definition) is 2. The third-order valence-electron chi connectivity index (χ3n) is 5.81. The van der Waals surface area contributed by atoms with Gasteiger partial charge in [-0.25, -0.2) is 9.37 Å². The van der Waals surface area contributed by atoms with Gasteiger partial charge in [0.2, 0.25) is 5.75 Å². The van der Waals surface area contributed by atoms with Crippen LogP contribution in [-0.2, 0) is 7.05 Å². The minimum atomic E-state index is -0.839. The lowest BCUT2D eigenvalue weighted by molar-refractivity contribution is 0.101. The molecule has 1 aromatic carbocycles. The summed E-state index contributed by atoms with van der Waals surface area (Å²) >= 11 is 6.50. The van der Waals surface area contributed by atoms with Crippen LogP contribution in [0.2, 0.25) is 5.02 Å². The minimum absolute atomic E-state index is 0.140. The number of anilines is 1. The van der Waals surface area contributed by atoms with E-state index in [0.29, 0.717) is 22.6 Å². The fraction of sp³-hybridized carbons (Fsp3) is 0.250. The van der Waals surface area contributed by atoms with Crippen molar-refractivity contribution in [3.63, 3.8) is 0 Å². The molecule has 0 radical (unpaired) electrons. The van der Waals surface area contributed by atoms with Gasteiger partial charge in [0.25, 0.3) is 11.5 Å². The van der Waals surface area contributed by atoms with Gasteiger partial charge in [0, 0.05) is 30.1 Å². The Balaban J connectivity index is 1.90. The summed E-state index contributed by atoms with van der Waals surface area (Å²) in [6.07, 6.45) is 4.04. The first-order chi connectivity index (χ1) is 17.1. The van der Waals surface area contributed by atoms with Gasteiger partial charge in [-0.1, -0.05) is 23.7 Å². The number of nitrogens with zero attached hydrogens (tertiary/aromatic N) is 5. The fourth-order valence-corrected chi connectivity index (χ4v) is 4.27. The number of amides is 1. The van der Waals surface area contributed by atoms with Crippen LogP contribution in [0.5, 0.6) is 5.75 Å². The van der Waals surface area contributed by atoms with E-state index in [4.69, 9.17) is 11.6 Å². The summed E-state index contributed by atoms with van der Waals surface area (Å²) < 4.78 is 20.2. The van der Waals surface area contributed by atoms with Crippen molar-refractivity contribution in [1.82, 2.24) is 24.7 Å². The molecule has 0 spiro atoms. The summed E-state index contributed by atoms with van der Waals surface area (Å²) in [6.45, 7) is 5.28. The summed E-state index contributed by atoms with van der Waals surface area (Å²) in [4.78, 5) is 39.1. The molecular formula is C24H22ClFN6O4. The zero-order valence-electron chi connectivity index (χ0n) is 19.8. The van der Waals surface area contributed by atoms with Crippen molar-refractivity contribution < 1.29 is 18.8 Å². The lowest BCUT2D eigenvalue weighted by atomic mass is 9.82. The van der Waals surface area contributed by atoms with Gasteiger partial charge in [0.15, 0.2) is 5.69 Å². The van der Waals surface area contributed by atoms with E-state index in [2.05, 4.69) is 29.9 Å². The molecule has 4 rings (SSSR count). The van der Waals surface area contributed by atoms with Crippen LogP contribution in [0.15, 0.2) is 46.2 Å². The number of halogens is 2. The molecule has 1 amide bonds. The van der Waals surface area contributed by atoms with E-state index in [1.807, 2.05) is 0 Å². The smallest absolute Gasteiger partial charge is 0.296 e. The first-order valence-corrected chi connectivity index (χ1v) is 11.2. The van der Waals surface area contributed by atoms with E-state index in [1.165, 1.54) is 37.7 Å². The van der Waals surface area contributed by atoms with Crippen LogP contribution in [0.4, 0.5) is 10.1 Å². The Hall–Kier alpha value is -4.12. The number of hydrogen-bond acceptors (Lipinski definition) is 8. The molecule has 0 saturated carbocycles. The van der Waals surface area contributed by atoms with Crippen LogP contribution in [0.1, 0.15) is 57.7 Å². The summed E-state index contributed by atoms with van der Waals surface area (Å²) in [7, 11) is 1.42. The predicted molar refractivity (Wildman–Crippen MR) is 129 cm³/mol. The third-order valence-corrected chi connectivity index (χ3v) is 6.16. The second-order valence-corrected chi connectivity index (χ2v) is 8.72. The Bertz CT molecular complexity index is 1450. The van der Waals surface area contributed by atoms with Crippen LogP contribution in [0.25, 0.3) is 0 Å². The largest absolute Gasteiger partial charge is 0.501 e. The van der Waals surface area contributed by atoms with E-state index in [0.717, 1.165) is 4.57 Å². The second-order valence-electron chi connectivity index (χ2n) is 8.31. The zero-order valence-corrected chi connectivity index (χ0v) is 20.5. The summed E-state index contributed by atoms with van der Waals surface area (Å²) in [6, 6.07) is 3.97. The van der Waals surface area contributed by atoms with Crippen molar-refractivity contribution >= 4 is 23.2 Å². The highest BCUT2D eigenvalue weighted by Gasteiger charge is 2.33. The quantitative estimate of drug-likeness (QED) is 0.397. The van der Waals surface area contributed by atoms with Crippen LogP contribution in [-0.4, -0.2) is 35.7 Å². The maximum Gasteiger partial charge on any atom is 0.296 e. The molecule has 2 N–H and O–H groups in total. The van der Waals surface area contributed by atoms with E-state index < -0.39 is 40.6 Å². The maximum atomic E-state index is 14.4. The average Bonchev–Trinajstić information content (AvgIpc) is 3.35. The molecule has 0 aliphatic heterocycles. The van der Waals surface area contributed by atoms with Gasteiger partial charge in [-0.05, 0) is 37.6 Å². The molecule has 2 atom stereocenters. The highest BCUT2D eigenvalue weighted by atomic mass is 35.5. The Morgan fingerprint density at radius 3 is 2.69 bits per heavy atom. The summed E-state index contributed by atoms with van der Waals surface area (Å²) in [5, 5.41) is 16.7. The van der Waals surface area contributed by atoms with Gasteiger partial charge in [0.1, 0.15) is 23.6 Å². The Labute approximate surface area is 209 Å². The van der Waals surface area contributed by atoms with Gasteiger partial charge in [-0.3, -0.25) is 24.1 Å². The number of nitrogens with one attached hydrogen (secondary N) is 1. The fourth-order valence-electron chi connectivity index (χ4n) is 4.04. The Morgan fingerprint density at radius 1 is 1.25 bits per heavy atom. The van der Waals surface area contributed by atoms with Gasteiger partial charge < -0.3 is 14.9 Å². The number of benzene rings is 1. The molecule has 10 nitrogen and oxygen atoms in total. The molecule has 0 aliphatic carbocycles. The van der Waals surface area contributed by atoms with Crippen molar-refractivity contribution in [2.24, 2.45) is 7.05 Å². The second kappa shape index (κ2) is 9.86. The van der Waals surface area contributed by atoms with E-state index in [1.54, 1.807) is 27.0 Å². The Kier molecular flexibility index (Phi) is 6.84. The van der Waals surface area contributed by atoms with Crippen LogP contribution >= 0.6 is 11.6 Å². The predicted octanol–water partition coefficient (Wildman–Crippen LogP) is 3.86. The number of aromatic hydroxyl groups is 1. The SMILES string of the molecule is Cc1cnc(C)c([C@@H](c2cc(F)ccc2Cl)[C@@H](C)c2nc(C(=O)Nc3cnoc3)c(O)c(=O)n2C)n1. The standard InChI is InChI=1S/C24H22ClFN6O4/c1-11-8-27-13(3)19(29-11)18(16-7-14(26)5-6-17(16)25)12(2)22-31-20(21(33)24(35)32(22)4)23(34)30-15-9-28-36-10-15/h5-10,12,18,33H,1-4H3,(H,30,34)/t12-,18-/m1/s1. The molecule has 0 unspecified atom stereocenters. The van der Waals surface area contributed by atoms with Gasteiger partial charge in [-0.2, -0.15) is 0 Å². The van der Waals surface area contributed by atoms with Crippen molar-refractivity contribution in [3.05, 3.63) is 92.2 Å². The lowest BCUT2D eigenvalue weighted by Gasteiger charge is -2.27. The van der Waals surface area contributed by atoms with Crippen LogP contribution in [0, 0.1) is 19.7 Å². The lowest BCUT2D eigenvalue weighted by Crippen LogP contribution is -2.30. The molecule has 4 aromatic rings. The third kappa shape index (κ3) is 4.69. The molecule has 0 bridgehead atoms. The summed E-state index contributed by atoms with van der Waals surface area (Å²) in [5.74, 6) is -3.40. The maximum absolute atomic E-state index is 14.4. The molecule has 3 aromatic heterocycles. The number of rotatable bonds is 6. The minimum Gasteiger partial charge on any atom is -0.501 e. The number of carbonyl (C=O) groups excluding carboxylic acids is 1. The number of aryl methyl sites for hydroxylation is 2. The first kappa shape index (κ1) is 25.0. The van der Waals surface area contributed by atoms with E-state index >= 15 is 0 Å². The molecule has 36 heavy (non-hydrogen) atoms. The average molecular weight is 513 g/mol. The van der Waals surface area contributed by atoms with Gasteiger partial charge in [0.05, 0.1) is 23.3 Å². The molecule has 0 fully saturated rings. The van der Waals surface area contributed by atoms with Crippen molar-refractivity contribution in [2.45, 2.75) is 32.6 Å². The molecule has 0 aliphatic rings. The highest BCUT2D eigenvalue weighted by molar-refractivity contribution is 6.31. The zero-order chi connectivity index (χ0) is 26.1. The summed E-state index contributed by atoms with van der Waals surface area (Å²) in [5.41, 5.74) is 1.01. The normalized spacial score (nSPS) is 12.8. The van der Waals surface area contributed by atoms with Gasteiger partial charge in [-0.15, -0.1) is 0 Å². The first-order valence-electron chi connectivity index (χ1n) is 10.8. The molecular weight excluding hydrogens is 491 g/mol. The number of carbonyl (C=O) groups is 1. The van der Waals surface area contributed by atoms with Crippen LogP contribution in [0.3, 0.4) is 0 Å². The van der Waals surface area contributed by atoms with E-state index in [9.17, 15) is 19.1 Å². The van der Waals surface area contributed by atoms with Crippen molar-refractivity contribution in [1.29, 1.82) is 0 Å². The van der Waals surface area contributed by atoms with Gasteiger partial charge >= 0.3 is 0 Å². The molecule has 3 heterocycles. The Morgan fingerprint density at radius 2 is 2.00 bits per heavy atom. The van der Waals surface area contributed by atoms with Crippen LogP contribution < -0.4 is 10.9 Å². The monoisotopic (exact) mass is 512 g/mol. The van der Waals surface area contributed by atoms with Crippen molar-refractivity contribution in [2.75, 3.05) is 5.32 Å². The molecule has 12 heteroatoms. The highest BCUT2D eigenvalue weighted by Crippen LogP contribution is 2.41. The molecule has 0 saturated heterocycles. The van der Waals surface area contributed by atoms with Crippen molar-refractivity contribution in [3.8, 4) is 5.75 Å². The molecule has 186 valence electrons. The number of aromatic nitrogens is 5. The topological polar surface area (TPSA) is 136 Å².